The highest BCUT2D eigenvalue weighted by atomic mass is 35.5. The number of hydrogen-bond acceptors (Lipinski definition) is 5. The number of carbonyl (C=O) groups excluding carboxylic acids is 2. The lowest BCUT2D eigenvalue weighted by Crippen LogP contribution is -2.27. The first-order valence-electron chi connectivity index (χ1n) is 2.89. The molecule has 0 amide bonds. The maximum atomic E-state index is 11.2. The van der Waals surface area contributed by atoms with E-state index in [1.165, 1.54) is 0 Å². The standard InChI is InChI=1S/C3H2ClF5O.2CHNO/c4-1(3(7,8)9)10-2(5)6;2*2-1-3/h1-2H;2*2H. The van der Waals surface area contributed by atoms with Crippen molar-refractivity contribution >= 4 is 23.8 Å². The quantitative estimate of drug-likeness (QED) is 0.348. The number of ether oxygens (including phenoxy) is 1. The van der Waals surface area contributed by atoms with Gasteiger partial charge >= 0.3 is 12.8 Å². The molecule has 1 atom stereocenters. The Kier molecular flexibility index (Phi) is 14.8. The first-order valence-corrected chi connectivity index (χ1v) is 3.33. The molecule has 0 aromatic rings. The third-order valence-corrected chi connectivity index (χ3v) is 0.830. The minimum atomic E-state index is -4.95. The third kappa shape index (κ3) is 23.0. The zero-order valence-electron chi connectivity index (χ0n) is 7.15. The van der Waals surface area contributed by atoms with E-state index in [-0.39, 0.29) is 0 Å². The topological polar surface area (TPSA) is 91.1 Å². The average molecular weight is 271 g/mol. The molecule has 0 aliphatic rings. The summed E-state index contributed by atoms with van der Waals surface area (Å²) >= 11 is 4.32. The van der Waals surface area contributed by atoms with Crippen molar-refractivity contribution in [3.63, 3.8) is 0 Å². The number of isocyanates is 2. The minimum Gasteiger partial charge on any atom is -0.294 e. The molecule has 0 saturated carbocycles. The normalized spacial score (nSPS) is 10.9. The summed E-state index contributed by atoms with van der Waals surface area (Å²) in [5.41, 5.74) is -2.94. The Morgan fingerprint density at radius 3 is 1.44 bits per heavy atom. The van der Waals surface area contributed by atoms with Gasteiger partial charge in [0.25, 0.3) is 0 Å². The molecule has 0 spiro atoms. The fourth-order valence-electron chi connectivity index (χ4n) is 0.167. The van der Waals surface area contributed by atoms with Gasteiger partial charge < -0.3 is 0 Å². The summed E-state index contributed by atoms with van der Waals surface area (Å²) in [6.45, 7) is -3.51. The Bertz CT molecular complexity index is 223. The van der Waals surface area contributed by atoms with Crippen LogP contribution < -0.4 is 0 Å². The summed E-state index contributed by atoms with van der Waals surface area (Å²) in [7, 11) is 0. The molecular weight excluding hydrogens is 267 g/mol. The third-order valence-electron chi connectivity index (χ3n) is 0.480. The molecule has 0 radical (unpaired) electrons. The molecule has 2 N–H and O–H groups in total. The molecule has 0 heterocycles. The second-order valence-corrected chi connectivity index (χ2v) is 1.85. The summed E-state index contributed by atoms with van der Waals surface area (Å²) in [5, 5.41) is 10.8. The molecule has 0 aromatic carbocycles. The molecule has 0 rings (SSSR count). The second kappa shape index (κ2) is 11.7. The largest absolute Gasteiger partial charge is 0.428 e. The Labute approximate surface area is 90.1 Å². The molecule has 0 fully saturated rings. The van der Waals surface area contributed by atoms with Crippen molar-refractivity contribution in [2.45, 2.75) is 18.4 Å². The molecule has 94 valence electrons. The van der Waals surface area contributed by atoms with E-state index < -0.39 is 18.4 Å². The van der Waals surface area contributed by atoms with Gasteiger partial charge in [-0.25, -0.2) is 20.4 Å². The van der Waals surface area contributed by atoms with E-state index in [0.29, 0.717) is 0 Å². The lowest BCUT2D eigenvalue weighted by atomic mass is 10.7. The van der Waals surface area contributed by atoms with Gasteiger partial charge in [-0.3, -0.25) is 4.74 Å². The molecule has 11 heteroatoms. The lowest BCUT2D eigenvalue weighted by molar-refractivity contribution is -0.246. The van der Waals surface area contributed by atoms with Crippen molar-refractivity contribution in [1.29, 1.82) is 10.8 Å². The zero-order valence-corrected chi connectivity index (χ0v) is 7.90. The minimum absolute atomic E-state index is 0.750. The van der Waals surface area contributed by atoms with Crippen LogP contribution in [-0.4, -0.2) is 30.5 Å². The fraction of sp³-hybridized carbons (Fsp3) is 0.600. The Balaban J connectivity index is -0.000000235. The van der Waals surface area contributed by atoms with Crippen LogP contribution in [0, 0.1) is 10.8 Å². The lowest BCUT2D eigenvalue weighted by Gasteiger charge is -2.12. The predicted molar refractivity (Wildman–Crippen MR) is 39.6 cm³/mol. The van der Waals surface area contributed by atoms with Crippen LogP contribution in [-0.2, 0) is 14.3 Å². The Hall–Kier alpha value is -1.34. The molecule has 0 bridgehead atoms. The number of halogens is 6. The Morgan fingerprint density at radius 2 is 1.38 bits per heavy atom. The first kappa shape index (κ1) is 20.1. The molecule has 0 saturated heterocycles. The molecule has 0 aliphatic heterocycles. The van der Waals surface area contributed by atoms with Crippen LogP contribution in [0.4, 0.5) is 22.0 Å². The van der Waals surface area contributed by atoms with Gasteiger partial charge in [-0.05, 0) is 0 Å². The average Bonchev–Trinajstić information content (AvgIpc) is 2.03. The van der Waals surface area contributed by atoms with Crippen molar-refractivity contribution in [2.24, 2.45) is 0 Å². The second-order valence-electron chi connectivity index (χ2n) is 1.46. The van der Waals surface area contributed by atoms with Crippen LogP contribution >= 0.6 is 11.6 Å². The number of hydrogen-bond donors (Lipinski definition) is 2. The zero-order chi connectivity index (χ0) is 13.8. The maximum absolute atomic E-state index is 11.2. The van der Waals surface area contributed by atoms with Gasteiger partial charge in [-0.1, -0.05) is 11.6 Å². The van der Waals surface area contributed by atoms with Gasteiger partial charge in [0.05, 0.1) is 0 Å². The van der Waals surface area contributed by atoms with Crippen molar-refractivity contribution < 1.29 is 36.3 Å². The Morgan fingerprint density at radius 1 is 1.12 bits per heavy atom. The summed E-state index contributed by atoms with van der Waals surface area (Å²) < 4.78 is 58.6. The maximum Gasteiger partial charge on any atom is 0.428 e. The van der Waals surface area contributed by atoms with E-state index in [1.807, 2.05) is 0 Å². The number of alkyl halides is 6. The van der Waals surface area contributed by atoms with Crippen LogP contribution in [0.3, 0.4) is 0 Å². The molecule has 1 unspecified atom stereocenters. The highest BCUT2D eigenvalue weighted by Crippen LogP contribution is 2.26. The van der Waals surface area contributed by atoms with Crippen LogP contribution in [0.25, 0.3) is 0 Å². The van der Waals surface area contributed by atoms with Crippen molar-refractivity contribution in [2.75, 3.05) is 0 Å². The van der Waals surface area contributed by atoms with Gasteiger partial charge in [0, 0.05) is 0 Å². The van der Waals surface area contributed by atoms with Crippen LogP contribution in [0.15, 0.2) is 0 Å². The van der Waals surface area contributed by atoms with E-state index in [0.717, 1.165) is 12.2 Å². The van der Waals surface area contributed by atoms with E-state index in [1.54, 1.807) is 0 Å². The number of nitrogens with one attached hydrogen (secondary N) is 2. The smallest absolute Gasteiger partial charge is 0.294 e. The molecule has 5 nitrogen and oxygen atoms in total. The van der Waals surface area contributed by atoms with Gasteiger partial charge in [0.2, 0.25) is 17.7 Å². The van der Waals surface area contributed by atoms with Gasteiger partial charge in [0.15, 0.2) is 0 Å². The monoisotopic (exact) mass is 270 g/mol. The number of rotatable bonds is 2. The summed E-state index contributed by atoms with van der Waals surface area (Å²) in [6, 6.07) is 0. The highest BCUT2D eigenvalue weighted by molar-refractivity contribution is 6.20. The van der Waals surface area contributed by atoms with Crippen molar-refractivity contribution in [3.05, 3.63) is 0 Å². The van der Waals surface area contributed by atoms with E-state index in [4.69, 9.17) is 20.4 Å². The van der Waals surface area contributed by atoms with Gasteiger partial charge in [0.1, 0.15) is 0 Å². The van der Waals surface area contributed by atoms with Crippen molar-refractivity contribution in [1.82, 2.24) is 0 Å². The predicted octanol–water partition coefficient (Wildman–Crippen LogP) is 2.15. The molecular formula is C5H4ClF5N2O3. The van der Waals surface area contributed by atoms with Gasteiger partial charge in [-0.2, -0.15) is 22.0 Å². The molecule has 16 heavy (non-hydrogen) atoms. The summed E-state index contributed by atoms with van der Waals surface area (Å²) in [5.74, 6) is 0. The fourth-order valence-corrected chi connectivity index (χ4v) is 0.245. The van der Waals surface area contributed by atoms with Crippen LogP contribution in [0.2, 0.25) is 0 Å². The van der Waals surface area contributed by atoms with Crippen LogP contribution in [0.5, 0.6) is 0 Å². The highest BCUT2D eigenvalue weighted by Gasteiger charge is 2.41. The molecule has 0 aromatic heterocycles. The van der Waals surface area contributed by atoms with E-state index in [9.17, 15) is 22.0 Å². The van der Waals surface area contributed by atoms with E-state index in [2.05, 4.69) is 16.3 Å². The summed E-state index contributed by atoms with van der Waals surface area (Å²) in [4.78, 5) is 16.7. The summed E-state index contributed by atoms with van der Waals surface area (Å²) in [6.07, 6.45) is -3.45. The molecule has 0 aliphatic carbocycles. The first-order chi connectivity index (χ1) is 7.17. The van der Waals surface area contributed by atoms with Crippen LogP contribution in [0.1, 0.15) is 0 Å². The van der Waals surface area contributed by atoms with Crippen molar-refractivity contribution in [3.8, 4) is 0 Å². The SMILES string of the molecule is FC(F)OC(Cl)C(F)(F)F.N=C=O.N=C=O. The van der Waals surface area contributed by atoms with E-state index >= 15 is 0 Å². The van der Waals surface area contributed by atoms with Gasteiger partial charge in [-0.15, -0.1) is 0 Å².